The zero-order chi connectivity index (χ0) is 19.4. The maximum atomic E-state index is 13.1. The molecule has 3 rings (SSSR count). The summed E-state index contributed by atoms with van der Waals surface area (Å²) in [6.45, 7) is 0. The number of nitrogens with zero attached hydrogens (tertiary/aromatic N) is 1. The number of hydrogen-bond acceptors (Lipinski definition) is 2. The van der Waals surface area contributed by atoms with E-state index in [1.165, 1.54) is 17.0 Å². The van der Waals surface area contributed by atoms with Gasteiger partial charge in [-0.1, -0.05) is 42.5 Å². The molecule has 0 fully saturated rings. The molecule has 0 heterocycles. The number of nitrogens with two attached hydrogens (primary N) is 1. The van der Waals surface area contributed by atoms with Crippen molar-refractivity contribution in [3.63, 3.8) is 0 Å². The van der Waals surface area contributed by atoms with Gasteiger partial charge in [-0.25, -0.2) is 4.39 Å². The zero-order valence-corrected chi connectivity index (χ0v) is 15.1. The Bertz CT molecular complexity index is 969. The highest BCUT2D eigenvalue weighted by atomic mass is 19.1. The lowest BCUT2D eigenvalue weighted by Gasteiger charge is -2.28. The summed E-state index contributed by atoms with van der Waals surface area (Å²) in [5, 5.41) is 2.03. The fourth-order valence-electron chi connectivity index (χ4n) is 3.16. The van der Waals surface area contributed by atoms with Crippen molar-refractivity contribution >= 4 is 22.6 Å². The van der Waals surface area contributed by atoms with Crippen molar-refractivity contribution in [3.8, 4) is 0 Å². The third-order valence-electron chi connectivity index (χ3n) is 4.69. The molecule has 138 valence electrons. The van der Waals surface area contributed by atoms with Crippen LogP contribution in [0.5, 0.6) is 0 Å². The number of halogens is 1. The van der Waals surface area contributed by atoms with E-state index in [-0.39, 0.29) is 18.1 Å². The van der Waals surface area contributed by atoms with Crippen molar-refractivity contribution < 1.29 is 14.0 Å². The highest BCUT2D eigenvalue weighted by molar-refractivity contribution is 5.98. The molecule has 1 atom stereocenters. The van der Waals surface area contributed by atoms with Crippen LogP contribution in [0.4, 0.5) is 4.39 Å². The Balaban J connectivity index is 1.84. The molecule has 0 bridgehead atoms. The van der Waals surface area contributed by atoms with Gasteiger partial charge in [-0.15, -0.1) is 0 Å². The molecule has 2 amide bonds. The minimum Gasteiger partial charge on any atom is -0.370 e. The summed E-state index contributed by atoms with van der Waals surface area (Å²) in [5.41, 5.74) is 6.77. The first-order chi connectivity index (χ1) is 12.9. The molecular weight excluding hydrogens is 343 g/mol. The fourth-order valence-corrected chi connectivity index (χ4v) is 3.16. The third kappa shape index (κ3) is 4.50. The molecule has 4 nitrogen and oxygen atoms in total. The molecule has 0 spiro atoms. The summed E-state index contributed by atoms with van der Waals surface area (Å²) >= 11 is 0. The van der Waals surface area contributed by atoms with Gasteiger partial charge in [-0.3, -0.25) is 9.59 Å². The molecular formula is C22H21FN2O2. The zero-order valence-electron chi connectivity index (χ0n) is 15.1. The number of benzene rings is 3. The Hall–Kier alpha value is -3.21. The van der Waals surface area contributed by atoms with Gasteiger partial charge < -0.3 is 10.6 Å². The molecule has 0 radical (unpaired) electrons. The second-order valence-corrected chi connectivity index (χ2v) is 6.63. The van der Waals surface area contributed by atoms with Gasteiger partial charge in [0.05, 0.1) is 0 Å². The second kappa shape index (κ2) is 7.99. The summed E-state index contributed by atoms with van der Waals surface area (Å²) in [6, 6.07) is 18.9. The predicted molar refractivity (Wildman–Crippen MR) is 104 cm³/mol. The lowest BCUT2D eigenvalue weighted by atomic mass is 10.00. The molecule has 0 aromatic heterocycles. The number of carbonyl (C=O) groups excluding carboxylic acids is 2. The molecule has 1 unspecified atom stereocenters. The van der Waals surface area contributed by atoms with E-state index in [0.29, 0.717) is 12.0 Å². The van der Waals surface area contributed by atoms with Crippen LogP contribution in [0.25, 0.3) is 10.8 Å². The highest BCUT2D eigenvalue weighted by Crippen LogP contribution is 2.19. The minimum atomic E-state index is -0.486. The summed E-state index contributed by atoms with van der Waals surface area (Å²) < 4.78 is 13.1. The number of carbonyl (C=O) groups is 2. The summed E-state index contributed by atoms with van der Waals surface area (Å²) in [7, 11) is 1.66. The Kier molecular flexibility index (Phi) is 5.50. The van der Waals surface area contributed by atoms with Crippen molar-refractivity contribution in [1.82, 2.24) is 4.90 Å². The molecule has 0 aliphatic carbocycles. The highest BCUT2D eigenvalue weighted by Gasteiger charge is 2.23. The number of amides is 2. The van der Waals surface area contributed by atoms with Gasteiger partial charge in [0.2, 0.25) is 5.91 Å². The van der Waals surface area contributed by atoms with Crippen molar-refractivity contribution in [3.05, 3.63) is 83.7 Å². The lowest BCUT2D eigenvalue weighted by Crippen LogP contribution is -2.41. The average molecular weight is 364 g/mol. The van der Waals surface area contributed by atoms with Gasteiger partial charge >= 0.3 is 0 Å². The van der Waals surface area contributed by atoms with E-state index in [1.807, 2.05) is 36.4 Å². The molecule has 3 aromatic rings. The summed E-state index contributed by atoms with van der Waals surface area (Å²) in [4.78, 5) is 26.0. The molecule has 0 saturated carbocycles. The van der Waals surface area contributed by atoms with Crippen LogP contribution in [0, 0.1) is 5.82 Å². The van der Waals surface area contributed by atoms with E-state index in [2.05, 4.69) is 0 Å². The van der Waals surface area contributed by atoms with Crippen LogP contribution in [0.15, 0.2) is 66.7 Å². The van der Waals surface area contributed by atoms with Crippen molar-refractivity contribution in [2.75, 3.05) is 7.05 Å². The lowest BCUT2D eigenvalue weighted by molar-refractivity contribution is -0.118. The number of likely N-dealkylation sites (N-methyl/N-ethyl adjacent to an activating group) is 1. The summed E-state index contributed by atoms with van der Waals surface area (Å²) in [5.74, 6) is -1.000. The van der Waals surface area contributed by atoms with Crippen LogP contribution in [-0.2, 0) is 11.2 Å². The van der Waals surface area contributed by atoms with Crippen LogP contribution >= 0.6 is 0 Å². The molecule has 0 aliphatic heterocycles. The molecule has 5 heteroatoms. The van der Waals surface area contributed by atoms with Crippen LogP contribution < -0.4 is 5.73 Å². The average Bonchev–Trinajstić information content (AvgIpc) is 2.67. The van der Waals surface area contributed by atoms with Gasteiger partial charge in [0.25, 0.3) is 5.91 Å². The van der Waals surface area contributed by atoms with E-state index >= 15 is 0 Å². The standard InChI is InChI=1S/C22H21FN2O2/c1-25(20(14-21(24)26)12-15-6-10-19(23)11-7-15)22(27)18-9-8-16-4-2-3-5-17(16)13-18/h2-11,13,20H,12,14H2,1H3,(H2,24,26). The molecule has 2 N–H and O–H groups in total. The Morgan fingerprint density at radius 1 is 1.00 bits per heavy atom. The van der Waals surface area contributed by atoms with E-state index in [1.54, 1.807) is 25.2 Å². The first-order valence-corrected chi connectivity index (χ1v) is 8.73. The van der Waals surface area contributed by atoms with Gasteiger partial charge in [0.1, 0.15) is 5.82 Å². The quantitative estimate of drug-likeness (QED) is 0.727. The normalized spacial score (nSPS) is 11.9. The monoisotopic (exact) mass is 364 g/mol. The SMILES string of the molecule is CN(C(=O)c1ccc2ccccc2c1)C(CC(N)=O)Cc1ccc(F)cc1. The second-order valence-electron chi connectivity index (χ2n) is 6.63. The molecule has 3 aromatic carbocycles. The third-order valence-corrected chi connectivity index (χ3v) is 4.69. The van der Waals surface area contributed by atoms with E-state index in [0.717, 1.165) is 16.3 Å². The van der Waals surface area contributed by atoms with Gasteiger partial charge in [0.15, 0.2) is 0 Å². The maximum Gasteiger partial charge on any atom is 0.253 e. The van der Waals surface area contributed by atoms with Gasteiger partial charge in [-0.2, -0.15) is 0 Å². The summed E-state index contributed by atoms with van der Waals surface area (Å²) in [6.07, 6.45) is 0.451. The van der Waals surface area contributed by atoms with Gasteiger partial charge in [-0.05, 0) is 47.0 Å². The number of rotatable bonds is 6. The van der Waals surface area contributed by atoms with E-state index in [4.69, 9.17) is 5.73 Å². The van der Waals surface area contributed by atoms with Gasteiger partial charge in [0, 0.05) is 25.1 Å². The fraction of sp³-hybridized carbons (Fsp3) is 0.182. The van der Waals surface area contributed by atoms with Crippen LogP contribution in [-0.4, -0.2) is 29.8 Å². The molecule has 0 saturated heterocycles. The number of hydrogen-bond donors (Lipinski definition) is 1. The molecule has 0 aliphatic rings. The van der Waals surface area contributed by atoms with Crippen molar-refractivity contribution in [2.24, 2.45) is 5.73 Å². The van der Waals surface area contributed by atoms with E-state index < -0.39 is 11.9 Å². The van der Waals surface area contributed by atoms with Crippen LogP contribution in [0.1, 0.15) is 22.3 Å². The smallest absolute Gasteiger partial charge is 0.253 e. The van der Waals surface area contributed by atoms with E-state index in [9.17, 15) is 14.0 Å². The van der Waals surface area contributed by atoms with Crippen molar-refractivity contribution in [2.45, 2.75) is 18.9 Å². The Morgan fingerprint density at radius 3 is 2.33 bits per heavy atom. The first kappa shape index (κ1) is 18.6. The van der Waals surface area contributed by atoms with Crippen LogP contribution in [0.3, 0.4) is 0 Å². The van der Waals surface area contributed by atoms with Crippen molar-refractivity contribution in [1.29, 1.82) is 0 Å². The molecule has 27 heavy (non-hydrogen) atoms. The number of fused-ring (bicyclic) bond motifs is 1. The minimum absolute atomic E-state index is 0.0349. The topological polar surface area (TPSA) is 63.4 Å². The first-order valence-electron chi connectivity index (χ1n) is 8.73. The van der Waals surface area contributed by atoms with Crippen LogP contribution in [0.2, 0.25) is 0 Å². The Labute approximate surface area is 157 Å². The Morgan fingerprint density at radius 2 is 1.67 bits per heavy atom. The predicted octanol–water partition coefficient (Wildman–Crippen LogP) is 3.54. The number of primary amides is 1. The largest absolute Gasteiger partial charge is 0.370 e. The maximum absolute atomic E-state index is 13.1.